The molecular weight excluding hydrogens is 378 g/mol. The van der Waals surface area contributed by atoms with Gasteiger partial charge in [-0.05, 0) is 43.7 Å². The van der Waals surface area contributed by atoms with Gasteiger partial charge < -0.3 is 14.8 Å². The van der Waals surface area contributed by atoms with Gasteiger partial charge in [0.1, 0.15) is 12.4 Å². The first kappa shape index (κ1) is 20.6. The van der Waals surface area contributed by atoms with Crippen molar-refractivity contribution in [1.82, 2.24) is 15.2 Å². The second-order valence-electron chi connectivity index (χ2n) is 6.66. The van der Waals surface area contributed by atoms with Gasteiger partial charge in [-0.2, -0.15) is 0 Å². The molecule has 1 aromatic heterocycles. The Labute approximate surface area is 170 Å². The van der Waals surface area contributed by atoms with Crippen LogP contribution in [0, 0.1) is 0 Å². The predicted octanol–water partition coefficient (Wildman–Crippen LogP) is 3.16. The molecule has 3 rings (SSSR count). The molecule has 2 aromatic rings. The van der Waals surface area contributed by atoms with Crippen LogP contribution in [-0.2, 0) is 11.3 Å². The summed E-state index contributed by atoms with van der Waals surface area (Å²) >= 11 is 5.93. The first-order valence-corrected chi connectivity index (χ1v) is 10.0. The van der Waals surface area contributed by atoms with E-state index in [1.807, 2.05) is 30.3 Å². The maximum atomic E-state index is 12.4. The van der Waals surface area contributed by atoms with Crippen LogP contribution >= 0.6 is 11.6 Å². The number of benzene rings is 1. The van der Waals surface area contributed by atoms with Crippen LogP contribution in [0.3, 0.4) is 0 Å². The predicted molar refractivity (Wildman–Crippen MR) is 109 cm³/mol. The van der Waals surface area contributed by atoms with E-state index in [1.54, 1.807) is 12.3 Å². The molecule has 0 radical (unpaired) electrons. The zero-order valence-electron chi connectivity index (χ0n) is 15.9. The summed E-state index contributed by atoms with van der Waals surface area (Å²) in [6.45, 7) is 4.57. The summed E-state index contributed by atoms with van der Waals surface area (Å²) in [5, 5.41) is 3.52. The largest absolute Gasteiger partial charge is 0.491 e. The number of hydrogen-bond donors (Lipinski definition) is 1. The van der Waals surface area contributed by atoms with E-state index < -0.39 is 0 Å². The van der Waals surface area contributed by atoms with Crippen molar-refractivity contribution in [3.8, 4) is 5.75 Å². The zero-order valence-corrected chi connectivity index (χ0v) is 16.7. The average Bonchev–Trinajstić information content (AvgIpc) is 2.71. The molecule has 1 aliphatic rings. The van der Waals surface area contributed by atoms with Crippen LogP contribution in [0.15, 0.2) is 42.6 Å². The lowest BCUT2D eigenvalue weighted by molar-refractivity contribution is 0.0909. The summed E-state index contributed by atoms with van der Waals surface area (Å²) in [4.78, 5) is 19.1. The van der Waals surface area contributed by atoms with Gasteiger partial charge in [-0.1, -0.05) is 23.7 Å². The van der Waals surface area contributed by atoms with Gasteiger partial charge in [0, 0.05) is 32.4 Å². The standard InChI is InChI=1S/C21H26ClN3O3/c22-17-7-8-18(24-15-17)16-25-10-3-4-12-27-13-9-23-21(26)19-5-1-2-6-20(19)28-14-11-25/h1-2,5-8,15H,3-4,9-14,16H2,(H,23,26). The van der Waals surface area contributed by atoms with Crippen molar-refractivity contribution in [3.63, 3.8) is 0 Å². The molecule has 0 spiro atoms. The van der Waals surface area contributed by atoms with Crippen LogP contribution < -0.4 is 10.1 Å². The minimum atomic E-state index is -0.142. The molecule has 150 valence electrons. The number of nitrogens with zero attached hydrogens (tertiary/aromatic N) is 2. The van der Waals surface area contributed by atoms with Gasteiger partial charge in [-0.25, -0.2) is 0 Å². The Morgan fingerprint density at radius 3 is 2.82 bits per heavy atom. The smallest absolute Gasteiger partial charge is 0.255 e. The molecule has 7 heteroatoms. The number of rotatable bonds is 2. The van der Waals surface area contributed by atoms with E-state index in [0.717, 1.165) is 38.2 Å². The van der Waals surface area contributed by atoms with Crippen molar-refractivity contribution < 1.29 is 14.3 Å². The number of hydrogen-bond acceptors (Lipinski definition) is 5. The summed E-state index contributed by atoms with van der Waals surface area (Å²) in [5.41, 5.74) is 1.52. The highest BCUT2D eigenvalue weighted by Crippen LogP contribution is 2.18. The third-order valence-corrected chi connectivity index (χ3v) is 4.74. The lowest BCUT2D eigenvalue weighted by Crippen LogP contribution is -2.30. The van der Waals surface area contributed by atoms with Crippen molar-refractivity contribution in [1.29, 1.82) is 0 Å². The summed E-state index contributed by atoms with van der Waals surface area (Å²) < 4.78 is 11.6. The second kappa shape index (κ2) is 11.0. The van der Waals surface area contributed by atoms with Crippen molar-refractivity contribution in [3.05, 3.63) is 58.9 Å². The number of para-hydroxylation sites is 1. The number of ether oxygens (including phenoxy) is 2. The van der Waals surface area contributed by atoms with Crippen molar-refractivity contribution in [2.45, 2.75) is 19.4 Å². The molecule has 0 unspecified atom stereocenters. The van der Waals surface area contributed by atoms with E-state index >= 15 is 0 Å². The van der Waals surface area contributed by atoms with E-state index in [1.165, 1.54) is 0 Å². The Kier molecular flexibility index (Phi) is 8.08. The minimum Gasteiger partial charge on any atom is -0.491 e. The molecule has 1 amide bonds. The minimum absolute atomic E-state index is 0.142. The molecule has 0 fully saturated rings. The number of carbonyl (C=O) groups is 1. The molecule has 6 nitrogen and oxygen atoms in total. The normalized spacial score (nSPS) is 17.5. The maximum absolute atomic E-state index is 12.4. The molecule has 1 aromatic carbocycles. The van der Waals surface area contributed by atoms with Gasteiger partial charge in [-0.15, -0.1) is 0 Å². The molecule has 1 aliphatic heterocycles. The number of halogens is 1. The summed E-state index contributed by atoms with van der Waals surface area (Å²) in [5.74, 6) is 0.455. The summed E-state index contributed by atoms with van der Waals surface area (Å²) in [6.07, 6.45) is 3.67. The van der Waals surface area contributed by atoms with E-state index in [9.17, 15) is 4.79 Å². The molecule has 0 aliphatic carbocycles. The van der Waals surface area contributed by atoms with Gasteiger partial charge in [0.25, 0.3) is 5.91 Å². The Balaban J connectivity index is 1.67. The number of amides is 1. The number of carbonyl (C=O) groups excluding carboxylic acids is 1. The highest BCUT2D eigenvalue weighted by molar-refractivity contribution is 6.30. The maximum Gasteiger partial charge on any atom is 0.255 e. The van der Waals surface area contributed by atoms with Crippen molar-refractivity contribution in [2.75, 3.05) is 39.5 Å². The lowest BCUT2D eigenvalue weighted by atomic mass is 10.2. The molecule has 0 saturated carbocycles. The van der Waals surface area contributed by atoms with Crippen LogP contribution in [-0.4, -0.2) is 55.2 Å². The van der Waals surface area contributed by atoms with Gasteiger partial charge >= 0.3 is 0 Å². The van der Waals surface area contributed by atoms with Crippen LogP contribution in [0.25, 0.3) is 0 Å². The SMILES string of the molecule is O=C1NCCOCCCCN(Cc2ccc(Cl)cn2)CCOc2ccccc21. The van der Waals surface area contributed by atoms with Crippen LogP contribution in [0.1, 0.15) is 28.9 Å². The fourth-order valence-corrected chi connectivity index (χ4v) is 3.15. The zero-order chi connectivity index (χ0) is 19.6. The Bertz CT molecular complexity index is 755. The molecule has 28 heavy (non-hydrogen) atoms. The monoisotopic (exact) mass is 403 g/mol. The number of aromatic nitrogens is 1. The Hall–Kier alpha value is -2.15. The first-order valence-electron chi connectivity index (χ1n) is 9.63. The number of fused-ring (bicyclic) bond motifs is 1. The van der Waals surface area contributed by atoms with Gasteiger partial charge in [0.15, 0.2) is 0 Å². The fraction of sp³-hybridized carbons (Fsp3) is 0.429. The summed E-state index contributed by atoms with van der Waals surface area (Å²) in [6, 6.07) is 11.1. The molecule has 1 N–H and O–H groups in total. The van der Waals surface area contributed by atoms with Gasteiger partial charge in [-0.3, -0.25) is 14.7 Å². The van der Waals surface area contributed by atoms with Crippen LogP contribution in [0.4, 0.5) is 0 Å². The third-order valence-electron chi connectivity index (χ3n) is 4.52. The van der Waals surface area contributed by atoms with Crippen molar-refractivity contribution >= 4 is 17.5 Å². The molecule has 2 heterocycles. The van der Waals surface area contributed by atoms with Crippen LogP contribution in [0.2, 0.25) is 5.02 Å². The van der Waals surface area contributed by atoms with Crippen LogP contribution in [0.5, 0.6) is 5.75 Å². The summed E-state index contributed by atoms with van der Waals surface area (Å²) in [7, 11) is 0. The molecule has 0 bridgehead atoms. The van der Waals surface area contributed by atoms with E-state index in [2.05, 4.69) is 15.2 Å². The fourth-order valence-electron chi connectivity index (χ4n) is 3.04. The average molecular weight is 404 g/mol. The highest BCUT2D eigenvalue weighted by atomic mass is 35.5. The molecular formula is C21H26ClN3O3. The van der Waals surface area contributed by atoms with Gasteiger partial charge in [0.2, 0.25) is 0 Å². The number of nitrogens with one attached hydrogen (secondary N) is 1. The highest BCUT2D eigenvalue weighted by Gasteiger charge is 2.13. The number of pyridine rings is 1. The molecule has 0 atom stereocenters. The Morgan fingerprint density at radius 2 is 1.96 bits per heavy atom. The van der Waals surface area contributed by atoms with Gasteiger partial charge in [0.05, 0.1) is 22.9 Å². The first-order chi connectivity index (χ1) is 13.7. The van der Waals surface area contributed by atoms with Crippen molar-refractivity contribution in [2.24, 2.45) is 0 Å². The van der Waals surface area contributed by atoms with E-state index in [0.29, 0.717) is 42.7 Å². The van der Waals surface area contributed by atoms with E-state index in [4.69, 9.17) is 21.1 Å². The second-order valence-corrected chi connectivity index (χ2v) is 7.10. The third kappa shape index (κ3) is 6.48. The topological polar surface area (TPSA) is 63.7 Å². The van der Waals surface area contributed by atoms with E-state index in [-0.39, 0.29) is 5.91 Å². The quantitative estimate of drug-likeness (QED) is 0.834. The molecule has 0 saturated heterocycles. The lowest BCUT2D eigenvalue weighted by Gasteiger charge is -2.22. The Morgan fingerprint density at radius 1 is 1.07 bits per heavy atom.